The van der Waals surface area contributed by atoms with E-state index in [1.807, 2.05) is 53.2 Å². The summed E-state index contributed by atoms with van der Waals surface area (Å²) in [5.41, 5.74) is 3.71. The van der Waals surface area contributed by atoms with Crippen LogP contribution >= 0.6 is 9.42 Å². The van der Waals surface area contributed by atoms with Gasteiger partial charge in [0.25, 0.3) is 0 Å². The average Bonchev–Trinajstić information content (AvgIpc) is 3.07. The van der Waals surface area contributed by atoms with Crippen molar-refractivity contribution in [1.29, 1.82) is 0 Å². The molecular formula is C14H14ClN5Pt-. The first-order chi connectivity index (χ1) is 10.1. The van der Waals surface area contributed by atoms with Crippen LogP contribution < -0.4 is 4.57 Å². The van der Waals surface area contributed by atoms with Crippen LogP contribution in [0.25, 0.3) is 11.4 Å². The maximum atomic E-state index is 4.61. The van der Waals surface area contributed by atoms with E-state index < -0.39 is 0 Å². The molecule has 7 heteroatoms. The summed E-state index contributed by atoms with van der Waals surface area (Å²) in [5, 5.41) is 4.44. The Morgan fingerprint density at radius 2 is 1.95 bits per heavy atom. The monoisotopic (exact) mass is 482 g/mol. The van der Waals surface area contributed by atoms with E-state index in [0.717, 1.165) is 22.8 Å². The van der Waals surface area contributed by atoms with Gasteiger partial charge >= 0.3 is 28.2 Å². The second-order valence-corrected chi connectivity index (χ2v) is 4.52. The molecule has 0 aliphatic carbocycles. The zero-order valence-corrected chi connectivity index (χ0v) is 14.8. The van der Waals surface area contributed by atoms with Gasteiger partial charge in [-0.1, -0.05) is 12.4 Å². The number of aromatic nitrogens is 5. The molecule has 3 rings (SSSR count). The van der Waals surface area contributed by atoms with Gasteiger partial charge in [0.1, 0.15) is 0 Å². The summed E-state index contributed by atoms with van der Waals surface area (Å²) in [7, 11) is 6.54. The van der Waals surface area contributed by atoms with Gasteiger partial charge in [-0.3, -0.25) is 4.68 Å². The summed E-state index contributed by atoms with van der Waals surface area (Å²) in [5.74, 6) is 0. The zero-order chi connectivity index (χ0) is 15.4. The number of imidazole rings is 1. The van der Waals surface area contributed by atoms with Crippen LogP contribution in [0.5, 0.6) is 0 Å². The molecule has 0 aromatic carbocycles. The van der Waals surface area contributed by atoms with Crippen LogP contribution in [0, 0.1) is 26.2 Å². The van der Waals surface area contributed by atoms with Crippen molar-refractivity contribution in [2.75, 3.05) is 0 Å². The Morgan fingerprint density at radius 1 is 1.24 bits per heavy atom. The summed E-state index contributed by atoms with van der Waals surface area (Å²) in [6, 6.07) is 5.33. The summed E-state index contributed by atoms with van der Waals surface area (Å²) in [6.07, 6.45) is 10.5. The van der Waals surface area contributed by atoms with Crippen molar-refractivity contribution in [2.24, 2.45) is 7.05 Å². The van der Waals surface area contributed by atoms with Crippen LogP contribution in [0.1, 0.15) is 11.4 Å². The van der Waals surface area contributed by atoms with Crippen molar-refractivity contribution in [3.05, 3.63) is 54.6 Å². The minimum atomic E-state index is 0.827. The van der Waals surface area contributed by atoms with Crippen molar-refractivity contribution in [2.45, 2.75) is 13.8 Å². The topological polar surface area (TPSA) is 39.5 Å². The standard InChI is InChI=1S/C14H14N5.ClH.Pt/c1-11-6-12(2)19(16-11)14-7-13(8-15-9-14)18-5-4-17(3)10-18;;/h4-6,8-9H,1-3H3;1H;/q-1;;+1/p-1. The number of hydrogen-bond acceptors (Lipinski definition) is 2. The van der Waals surface area contributed by atoms with Gasteiger partial charge in [-0.15, -0.1) is 0 Å². The van der Waals surface area contributed by atoms with Crippen LogP contribution in [-0.4, -0.2) is 19.3 Å². The molecule has 3 aromatic rings. The second kappa shape index (κ2) is 7.01. The van der Waals surface area contributed by atoms with Crippen LogP contribution in [0.4, 0.5) is 0 Å². The Morgan fingerprint density at radius 3 is 2.52 bits per heavy atom. The first kappa shape index (κ1) is 15.9. The third-order valence-corrected chi connectivity index (χ3v) is 2.85. The second-order valence-electron chi connectivity index (χ2n) is 4.52. The molecule has 0 aliphatic heterocycles. The molecule has 3 aromatic heterocycles. The Labute approximate surface area is 139 Å². The molecule has 0 N–H and O–H groups in total. The fraction of sp³-hybridized carbons (Fsp3) is 0.214. The van der Waals surface area contributed by atoms with Crippen molar-refractivity contribution in [3.8, 4) is 11.4 Å². The number of hydrogen-bond donors (Lipinski definition) is 0. The summed E-state index contributed by atoms with van der Waals surface area (Å²) < 4.78 is 5.54. The number of halogens is 1. The molecule has 0 bridgehead atoms. The Bertz CT molecular complexity index is 735. The van der Waals surface area contributed by atoms with Gasteiger partial charge in [0.2, 0.25) is 6.33 Å². The normalized spacial score (nSPS) is 10.2. The number of nitrogens with zero attached hydrogens (tertiary/aromatic N) is 5. The quantitative estimate of drug-likeness (QED) is 0.413. The van der Waals surface area contributed by atoms with Gasteiger partial charge in [-0.05, 0) is 31.3 Å². The molecule has 21 heavy (non-hydrogen) atoms. The number of pyridine rings is 1. The fourth-order valence-corrected chi connectivity index (χ4v) is 2.01. The third-order valence-electron chi connectivity index (χ3n) is 2.85. The van der Waals surface area contributed by atoms with Crippen LogP contribution in [0.3, 0.4) is 0 Å². The van der Waals surface area contributed by atoms with E-state index in [1.54, 1.807) is 31.2 Å². The Kier molecular flexibility index (Phi) is 5.32. The predicted molar refractivity (Wildman–Crippen MR) is 74.9 cm³/mol. The molecule has 0 saturated carbocycles. The average molecular weight is 483 g/mol. The Balaban J connectivity index is 0.000000774. The van der Waals surface area contributed by atoms with Crippen molar-refractivity contribution >= 4 is 9.42 Å². The molecule has 5 nitrogen and oxygen atoms in total. The van der Waals surface area contributed by atoms with Crippen molar-refractivity contribution < 1.29 is 23.3 Å². The van der Waals surface area contributed by atoms with Gasteiger partial charge in [0.15, 0.2) is 0 Å². The minimum absolute atomic E-state index is 0.827. The van der Waals surface area contributed by atoms with Crippen LogP contribution in [0.2, 0.25) is 0 Å². The molecular weight excluding hydrogens is 469 g/mol. The summed E-state index contributed by atoms with van der Waals surface area (Å²) >= 11 is 1.61. The number of rotatable bonds is 2. The molecule has 0 radical (unpaired) electrons. The van der Waals surface area contributed by atoms with Crippen molar-refractivity contribution in [1.82, 2.24) is 19.3 Å². The van der Waals surface area contributed by atoms with E-state index in [4.69, 9.17) is 0 Å². The van der Waals surface area contributed by atoms with Crippen molar-refractivity contribution in [3.63, 3.8) is 0 Å². The van der Waals surface area contributed by atoms with Crippen LogP contribution in [-0.2, 0) is 25.8 Å². The predicted octanol–water partition coefficient (Wildman–Crippen LogP) is 1.79. The molecule has 113 valence electrons. The van der Waals surface area contributed by atoms with Gasteiger partial charge in [0.05, 0.1) is 12.7 Å². The Hall–Kier alpha value is -1.45. The van der Waals surface area contributed by atoms with E-state index in [9.17, 15) is 0 Å². The maximum absolute atomic E-state index is 4.61. The van der Waals surface area contributed by atoms with Gasteiger partial charge in [0, 0.05) is 18.1 Å². The molecule has 0 atom stereocenters. The molecule has 0 unspecified atom stereocenters. The van der Waals surface area contributed by atoms with E-state index in [1.165, 1.54) is 0 Å². The molecule has 0 amide bonds. The third kappa shape index (κ3) is 3.60. The zero-order valence-electron chi connectivity index (χ0n) is 11.8. The number of aryl methyl sites for hydroxylation is 3. The van der Waals surface area contributed by atoms with E-state index in [0.29, 0.717) is 0 Å². The molecule has 0 spiro atoms. The first-order valence-corrected chi connectivity index (χ1v) is 8.94. The summed E-state index contributed by atoms with van der Waals surface area (Å²) in [6.45, 7) is 3.99. The van der Waals surface area contributed by atoms with Crippen LogP contribution in [0.15, 0.2) is 30.9 Å². The van der Waals surface area contributed by atoms with Gasteiger partial charge in [-0.2, -0.15) is 11.2 Å². The van der Waals surface area contributed by atoms with E-state index in [2.05, 4.69) is 31.9 Å². The molecule has 3 heterocycles. The van der Waals surface area contributed by atoms with Gasteiger partial charge < -0.3 is 14.1 Å². The SMILES string of the molecule is Cc1cc(C)n(-c2[c-]c(-n3[c-][n+](C)cc3)cnc2)n1.[Cl][Pt]. The first-order valence-electron chi connectivity index (χ1n) is 6.13. The van der Waals surface area contributed by atoms with Gasteiger partial charge in [-0.25, -0.2) is 0 Å². The van der Waals surface area contributed by atoms with E-state index >= 15 is 0 Å². The molecule has 0 fully saturated rings. The molecule has 0 saturated heterocycles. The van der Waals surface area contributed by atoms with E-state index in [-0.39, 0.29) is 0 Å². The molecule has 0 aliphatic rings. The summed E-state index contributed by atoms with van der Waals surface area (Å²) in [4.78, 5) is 4.25. The fourth-order valence-electron chi connectivity index (χ4n) is 2.01.